The van der Waals surface area contributed by atoms with Gasteiger partial charge in [-0.05, 0) is 52.3 Å². The van der Waals surface area contributed by atoms with Crippen LogP contribution in [0.1, 0.15) is 22.8 Å². The van der Waals surface area contributed by atoms with Gasteiger partial charge in [0.2, 0.25) is 0 Å². The lowest BCUT2D eigenvalue weighted by Gasteiger charge is -2.11. The summed E-state index contributed by atoms with van der Waals surface area (Å²) in [6.45, 7) is 3.64. The molecule has 0 saturated heterocycles. The highest BCUT2D eigenvalue weighted by Crippen LogP contribution is 2.24. The zero-order valence-corrected chi connectivity index (χ0v) is 14.0. The van der Waals surface area contributed by atoms with Crippen molar-refractivity contribution in [1.29, 1.82) is 0 Å². The van der Waals surface area contributed by atoms with Gasteiger partial charge >= 0.3 is 0 Å². The number of halogens is 2. The Morgan fingerprint density at radius 3 is 2.71 bits per heavy atom. The van der Waals surface area contributed by atoms with Gasteiger partial charge in [-0.2, -0.15) is 0 Å². The van der Waals surface area contributed by atoms with Gasteiger partial charge in [-0.25, -0.2) is 0 Å². The minimum absolute atomic E-state index is 0.173. The third-order valence-corrected chi connectivity index (χ3v) is 4.25. The van der Waals surface area contributed by atoms with Crippen LogP contribution >= 0.6 is 27.5 Å². The minimum Gasteiger partial charge on any atom is -0.322 e. The maximum absolute atomic E-state index is 12.3. The number of hydrogen-bond acceptors (Lipinski definition) is 2. The summed E-state index contributed by atoms with van der Waals surface area (Å²) in [6.07, 6.45) is 0. The van der Waals surface area contributed by atoms with Crippen LogP contribution in [0.25, 0.3) is 0 Å². The Kier molecular flexibility index (Phi) is 5.79. The Bertz CT molecular complexity index is 646. The largest absolute Gasteiger partial charge is 0.322 e. The number of carbonyl (C=O) groups excluding carboxylic acids is 1. The lowest BCUT2D eigenvalue weighted by Crippen LogP contribution is -2.17. The van der Waals surface area contributed by atoms with Crippen LogP contribution < -0.4 is 10.6 Å². The van der Waals surface area contributed by atoms with Crippen LogP contribution in [0.4, 0.5) is 5.69 Å². The van der Waals surface area contributed by atoms with Crippen molar-refractivity contribution in [1.82, 2.24) is 5.32 Å². The van der Waals surface area contributed by atoms with Crippen molar-refractivity contribution in [2.24, 2.45) is 0 Å². The molecule has 0 bridgehead atoms. The molecule has 0 aliphatic rings. The summed E-state index contributed by atoms with van der Waals surface area (Å²) in [6, 6.07) is 12.9. The van der Waals surface area contributed by atoms with Gasteiger partial charge in [-0.15, -0.1) is 0 Å². The summed E-state index contributed by atoms with van der Waals surface area (Å²) < 4.78 is 0.772. The molecule has 3 nitrogen and oxygen atoms in total. The molecule has 0 unspecified atom stereocenters. The third-order valence-electron chi connectivity index (χ3n) is 3.01. The summed E-state index contributed by atoms with van der Waals surface area (Å²) >= 11 is 9.34. The van der Waals surface area contributed by atoms with Crippen molar-refractivity contribution in [2.75, 3.05) is 11.9 Å². The normalized spacial score (nSPS) is 10.4. The van der Waals surface area contributed by atoms with E-state index in [1.807, 2.05) is 31.2 Å². The van der Waals surface area contributed by atoms with Gasteiger partial charge in [0.1, 0.15) is 0 Å². The molecule has 2 rings (SSSR count). The molecular formula is C16H16BrClN2O. The van der Waals surface area contributed by atoms with Crippen LogP contribution in [-0.4, -0.2) is 12.5 Å². The number of nitrogens with one attached hydrogen (secondary N) is 2. The molecule has 5 heteroatoms. The molecule has 0 heterocycles. The molecular weight excluding hydrogens is 352 g/mol. The summed E-state index contributed by atoms with van der Waals surface area (Å²) in [5.74, 6) is -0.173. The highest BCUT2D eigenvalue weighted by Gasteiger charge is 2.10. The summed E-state index contributed by atoms with van der Waals surface area (Å²) in [7, 11) is 0. The first-order valence-corrected chi connectivity index (χ1v) is 7.84. The number of anilines is 1. The number of hydrogen-bond donors (Lipinski definition) is 2. The van der Waals surface area contributed by atoms with Gasteiger partial charge in [0, 0.05) is 22.3 Å². The summed E-state index contributed by atoms with van der Waals surface area (Å²) in [5.41, 5.74) is 2.39. The number of carbonyl (C=O) groups is 1. The van der Waals surface area contributed by atoms with Crippen LogP contribution in [0.3, 0.4) is 0 Å². The van der Waals surface area contributed by atoms with Crippen molar-refractivity contribution in [2.45, 2.75) is 13.5 Å². The lowest BCUT2D eigenvalue weighted by atomic mass is 10.1. The van der Waals surface area contributed by atoms with Gasteiger partial charge in [-0.1, -0.05) is 36.7 Å². The molecule has 0 aromatic heterocycles. The Hall–Kier alpha value is -1.36. The minimum atomic E-state index is -0.173. The van der Waals surface area contributed by atoms with Crippen LogP contribution in [0.5, 0.6) is 0 Å². The second kappa shape index (κ2) is 7.59. The third kappa shape index (κ3) is 4.30. The molecule has 0 aliphatic heterocycles. The van der Waals surface area contributed by atoms with Crippen molar-refractivity contribution in [3.63, 3.8) is 0 Å². The highest BCUT2D eigenvalue weighted by molar-refractivity contribution is 9.10. The van der Waals surface area contributed by atoms with Crippen LogP contribution in [-0.2, 0) is 6.54 Å². The van der Waals surface area contributed by atoms with E-state index in [4.69, 9.17) is 11.6 Å². The molecule has 2 N–H and O–H groups in total. The Morgan fingerprint density at radius 2 is 2.00 bits per heavy atom. The highest BCUT2D eigenvalue weighted by atomic mass is 79.9. The van der Waals surface area contributed by atoms with E-state index in [9.17, 15) is 4.79 Å². The number of para-hydroxylation sites is 1. The van der Waals surface area contributed by atoms with Crippen LogP contribution in [0, 0.1) is 0 Å². The molecule has 0 atom stereocenters. The van der Waals surface area contributed by atoms with Gasteiger partial charge in [0.15, 0.2) is 0 Å². The Balaban J connectivity index is 2.17. The topological polar surface area (TPSA) is 41.1 Å². The molecule has 0 spiro atoms. The van der Waals surface area contributed by atoms with Crippen LogP contribution in [0.2, 0.25) is 5.02 Å². The number of rotatable bonds is 5. The number of benzene rings is 2. The molecule has 0 radical (unpaired) electrons. The fourth-order valence-corrected chi connectivity index (χ4v) is 2.32. The average molecular weight is 368 g/mol. The van der Waals surface area contributed by atoms with E-state index in [1.165, 1.54) is 0 Å². The number of amides is 1. The van der Waals surface area contributed by atoms with Gasteiger partial charge in [0.25, 0.3) is 5.91 Å². The summed E-state index contributed by atoms with van der Waals surface area (Å²) in [4.78, 5) is 12.3. The molecule has 2 aromatic carbocycles. The second-order valence-electron chi connectivity index (χ2n) is 4.52. The quantitative estimate of drug-likeness (QED) is 0.819. The van der Waals surface area contributed by atoms with E-state index >= 15 is 0 Å². The standard InChI is InChI=1S/C16H16BrClN2O/c1-2-19-10-12-5-3-4-6-15(12)20-16(21)11-7-8-13(17)14(18)9-11/h3-9,19H,2,10H2,1H3,(H,20,21). The monoisotopic (exact) mass is 366 g/mol. The van der Waals surface area contributed by atoms with E-state index in [1.54, 1.807) is 18.2 Å². The molecule has 0 saturated carbocycles. The van der Waals surface area contributed by atoms with Gasteiger partial charge < -0.3 is 10.6 Å². The maximum atomic E-state index is 12.3. The smallest absolute Gasteiger partial charge is 0.255 e. The SMILES string of the molecule is CCNCc1ccccc1NC(=O)c1ccc(Br)c(Cl)c1. The second-order valence-corrected chi connectivity index (χ2v) is 5.78. The molecule has 0 fully saturated rings. The van der Waals surface area contributed by atoms with Crippen molar-refractivity contribution in [3.05, 3.63) is 63.1 Å². The van der Waals surface area contributed by atoms with E-state index < -0.39 is 0 Å². The van der Waals surface area contributed by atoms with Crippen LogP contribution in [0.15, 0.2) is 46.9 Å². The van der Waals surface area contributed by atoms with Gasteiger partial charge in [-0.3, -0.25) is 4.79 Å². The zero-order chi connectivity index (χ0) is 15.2. The van der Waals surface area contributed by atoms with Crippen molar-refractivity contribution >= 4 is 39.1 Å². The van der Waals surface area contributed by atoms with E-state index in [0.717, 1.165) is 22.3 Å². The molecule has 0 aliphatic carbocycles. The predicted octanol–water partition coefficient (Wildman–Crippen LogP) is 4.46. The molecule has 1 amide bonds. The van der Waals surface area contributed by atoms with Crippen molar-refractivity contribution in [3.8, 4) is 0 Å². The first kappa shape index (κ1) is 16.0. The summed E-state index contributed by atoms with van der Waals surface area (Å²) in [5, 5.41) is 6.70. The lowest BCUT2D eigenvalue weighted by molar-refractivity contribution is 0.102. The first-order valence-electron chi connectivity index (χ1n) is 6.67. The fraction of sp³-hybridized carbons (Fsp3) is 0.188. The first-order chi connectivity index (χ1) is 10.1. The molecule has 2 aromatic rings. The molecule has 21 heavy (non-hydrogen) atoms. The Morgan fingerprint density at radius 1 is 1.24 bits per heavy atom. The van der Waals surface area contributed by atoms with Gasteiger partial charge in [0.05, 0.1) is 5.02 Å². The average Bonchev–Trinajstić information content (AvgIpc) is 2.49. The van der Waals surface area contributed by atoms with E-state index in [0.29, 0.717) is 17.1 Å². The molecule has 110 valence electrons. The zero-order valence-electron chi connectivity index (χ0n) is 11.6. The van der Waals surface area contributed by atoms with E-state index in [2.05, 4.69) is 26.6 Å². The maximum Gasteiger partial charge on any atom is 0.255 e. The van der Waals surface area contributed by atoms with Crippen molar-refractivity contribution < 1.29 is 4.79 Å². The fourth-order valence-electron chi connectivity index (χ4n) is 1.89. The predicted molar refractivity (Wildman–Crippen MR) is 90.9 cm³/mol. The Labute approximate surface area is 137 Å². The van der Waals surface area contributed by atoms with E-state index in [-0.39, 0.29) is 5.91 Å².